The summed E-state index contributed by atoms with van der Waals surface area (Å²) in [7, 11) is -7.16. The zero-order chi connectivity index (χ0) is 28.5. The lowest BCUT2D eigenvalue weighted by molar-refractivity contribution is -0.102. The Labute approximate surface area is 220 Å². The Morgan fingerprint density at radius 2 is 0.514 bits per heavy atom. The van der Waals surface area contributed by atoms with Crippen molar-refractivity contribution in [1.29, 1.82) is 0 Å². The zero-order valence-corrected chi connectivity index (χ0v) is 28.7. The smallest absolute Gasteiger partial charge is 0.368 e. The molecule has 0 amide bonds. The van der Waals surface area contributed by atoms with Crippen LogP contribution in [0.1, 0.15) is 138 Å². The Balaban J connectivity index is 7.62. The van der Waals surface area contributed by atoms with Gasteiger partial charge in [-0.05, 0) is 131 Å². The molecule has 0 rings (SSSR count). The molecular weight excluding hydrogens is 476 g/mol. The van der Waals surface area contributed by atoms with Crippen molar-refractivity contribution in [1.82, 2.24) is 0 Å². The van der Waals surface area contributed by atoms with Crippen LogP contribution in [0.15, 0.2) is 0 Å². The van der Waals surface area contributed by atoms with Crippen LogP contribution in [-0.2, 0) is 26.6 Å². The third kappa shape index (κ3) is 14.1. The van der Waals surface area contributed by atoms with Crippen molar-refractivity contribution >= 4 is 17.6 Å². The second-order valence-electron chi connectivity index (χ2n) is 15.5. The van der Waals surface area contributed by atoms with Gasteiger partial charge in [-0.3, -0.25) is 0 Å². The van der Waals surface area contributed by atoms with Crippen molar-refractivity contribution in [2.75, 3.05) is 0 Å². The van der Waals surface area contributed by atoms with Crippen LogP contribution in [0.25, 0.3) is 0 Å². The predicted molar refractivity (Wildman–Crippen MR) is 151 cm³/mol. The highest BCUT2D eigenvalue weighted by Gasteiger charge is 2.70. The van der Waals surface area contributed by atoms with E-state index < -0.39 is 51.2 Å². The van der Waals surface area contributed by atoms with Crippen LogP contribution in [0.5, 0.6) is 0 Å². The monoisotopic (exact) mass is 536 g/mol. The van der Waals surface area contributed by atoms with E-state index in [-0.39, 0.29) is 5.16 Å². The van der Waals surface area contributed by atoms with Gasteiger partial charge in [0.2, 0.25) is 0 Å². The second-order valence-corrected chi connectivity index (χ2v) is 21.1. The molecule has 0 aromatic heterocycles. The van der Waals surface area contributed by atoms with Gasteiger partial charge in [0.25, 0.3) is 0 Å². The largest absolute Gasteiger partial charge is 0.510 e. The molecule has 35 heavy (non-hydrogen) atoms. The molecule has 0 N–H and O–H groups in total. The van der Waals surface area contributed by atoms with Crippen LogP contribution in [0.4, 0.5) is 0 Å². The molecule has 0 spiro atoms. The lowest BCUT2D eigenvalue weighted by Crippen LogP contribution is -2.71. The van der Waals surface area contributed by atoms with Gasteiger partial charge >= 0.3 is 17.6 Å². The first-order valence-corrected chi connectivity index (χ1v) is 16.7. The maximum absolute atomic E-state index is 6.97. The first kappa shape index (κ1) is 35.2. The minimum absolute atomic E-state index is 0.356. The van der Waals surface area contributed by atoms with E-state index in [4.69, 9.17) is 26.6 Å². The van der Waals surface area contributed by atoms with E-state index in [2.05, 4.69) is 6.92 Å². The summed E-state index contributed by atoms with van der Waals surface area (Å²) in [6, 6.07) is 0. The maximum Gasteiger partial charge on any atom is 0.510 e. The van der Waals surface area contributed by atoms with Crippen LogP contribution in [0.2, 0.25) is 5.16 Å². The fourth-order valence-corrected chi connectivity index (χ4v) is 13.8. The third-order valence-electron chi connectivity index (χ3n) is 3.95. The van der Waals surface area contributed by atoms with E-state index >= 15 is 0 Å². The topological polar surface area (TPSA) is 55.4 Å². The molecule has 0 atom stereocenters. The Morgan fingerprint density at radius 1 is 0.371 bits per heavy atom. The summed E-state index contributed by atoms with van der Waals surface area (Å²) in [6.07, 6.45) is 0.656. The molecule has 6 nitrogen and oxygen atoms in total. The SMILES string of the molecule is CCC([Si](OC(C)(C)C)(OC(C)(C)C)OC(C)(C)C)[Si](OC(C)(C)C)(OC(C)(C)C)OC(C)(C)C. The van der Waals surface area contributed by atoms with Crippen LogP contribution >= 0.6 is 0 Å². The van der Waals surface area contributed by atoms with Gasteiger partial charge in [-0.1, -0.05) is 6.92 Å². The lowest BCUT2D eigenvalue weighted by Gasteiger charge is -2.52. The molecule has 0 fully saturated rings. The Hall–Kier alpha value is 0.194. The molecule has 0 heterocycles. The molecule has 8 heteroatoms. The van der Waals surface area contributed by atoms with Gasteiger partial charge in [0.05, 0.1) is 38.8 Å². The molecule has 0 bridgehead atoms. The van der Waals surface area contributed by atoms with Gasteiger partial charge in [-0.15, -0.1) is 0 Å². The normalized spacial score (nSPS) is 15.8. The lowest BCUT2D eigenvalue weighted by atomic mass is 10.2. The quantitative estimate of drug-likeness (QED) is 0.278. The fourth-order valence-electron chi connectivity index (χ4n) is 3.83. The second kappa shape index (κ2) is 11.1. The van der Waals surface area contributed by atoms with Gasteiger partial charge in [0, 0.05) is 0 Å². The minimum atomic E-state index is -3.58. The maximum atomic E-state index is 6.97. The van der Waals surface area contributed by atoms with E-state index in [1.807, 2.05) is 125 Å². The van der Waals surface area contributed by atoms with Crippen molar-refractivity contribution < 1.29 is 26.6 Å². The molecule has 0 aromatic carbocycles. The number of rotatable bonds is 9. The highest BCUT2D eigenvalue weighted by atomic mass is 28.5. The molecule has 0 aromatic rings. The van der Waals surface area contributed by atoms with Gasteiger partial charge in [-0.25, -0.2) is 0 Å². The molecule has 0 aliphatic carbocycles. The molecule has 0 saturated heterocycles. The van der Waals surface area contributed by atoms with E-state index in [0.717, 1.165) is 0 Å². The van der Waals surface area contributed by atoms with Crippen LogP contribution < -0.4 is 0 Å². The zero-order valence-electron chi connectivity index (χ0n) is 26.7. The standard InChI is InChI=1S/C27H60O6Si2/c1-20-21(34(28-22(2,3)4,29-23(5,6)7)30-24(8,9)10)35(31-25(11,12)13,32-26(14,15)16)33-27(17,18)19/h21H,20H2,1-19H3. The summed E-state index contributed by atoms with van der Waals surface area (Å²) in [5.74, 6) is 0. The first-order valence-electron chi connectivity index (χ1n) is 13.1. The third-order valence-corrected chi connectivity index (χ3v) is 14.0. The molecule has 212 valence electrons. The van der Waals surface area contributed by atoms with E-state index in [1.165, 1.54) is 0 Å². The van der Waals surface area contributed by atoms with Gasteiger partial charge in [-0.2, -0.15) is 0 Å². The summed E-state index contributed by atoms with van der Waals surface area (Å²) in [5, 5.41) is -0.356. The number of hydrogen-bond acceptors (Lipinski definition) is 6. The van der Waals surface area contributed by atoms with Gasteiger partial charge in [0.1, 0.15) is 0 Å². The Bertz CT molecular complexity index is 515. The first-order chi connectivity index (χ1) is 14.9. The molecule has 0 aliphatic heterocycles. The summed E-state index contributed by atoms with van der Waals surface area (Å²) >= 11 is 0. The average molecular weight is 537 g/mol. The van der Waals surface area contributed by atoms with Gasteiger partial charge < -0.3 is 26.6 Å². The van der Waals surface area contributed by atoms with Gasteiger partial charge in [0.15, 0.2) is 0 Å². The van der Waals surface area contributed by atoms with Crippen molar-refractivity contribution in [3.63, 3.8) is 0 Å². The number of hydrogen-bond donors (Lipinski definition) is 0. The van der Waals surface area contributed by atoms with Crippen LogP contribution in [0.3, 0.4) is 0 Å². The summed E-state index contributed by atoms with van der Waals surface area (Å²) < 4.78 is 41.8. The highest BCUT2D eigenvalue weighted by molar-refractivity contribution is 6.83. The summed E-state index contributed by atoms with van der Waals surface area (Å²) in [5.41, 5.74) is -3.16. The van der Waals surface area contributed by atoms with Crippen molar-refractivity contribution in [2.24, 2.45) is 0 Å². The molecule has 0 unspecified atom stereocenters. The molecule has 0 saturated carbocycles. The Morgan fingerprint density at radius 3 is 0.600 bits per heavy atom. The van der Waals surface area contributed by atoms with Crippen LogP contribution in [0, 0.1) is 0 Å². The van der Waals surface area contributed by atoms with Crippen molar-refractivity contribution in [3.05, 3.63) is 0 Å². The van der Waals surface area contributed by atoms with Crippen LogP contribution in [-0.4, -0.2) is 51.2 Å². The van der Waals surface area contributed by atoms with E-state index in [1.54, 1.807) is 0 Å². The summed E-state index contributed by atoms with van der Waals surface area (Å²) in [4.78, 5) is 0. The molecule has 0 aliphatic rings. The molecule has 0 radical (unpaired) electrons. The molecular formula is C27H60O6Si2. The highest BCUT2D eigenvalue weighted by Crippen LogP contribution is 2.48. The van der Waals surface area contributed by atoms with Crippen molar-refractivity contribution in [2.45, 2.75) is 177 Å². The van der Waals surface area contributed by atoms with E-state index in [0.29, 0.717) is 6.42 Å². The summed E-state index contributed by atoms with van der Waals surface area (Å²) in [6.45, 7) is 38.9. The Kier molecular flexibility index (Phi) is 11.2. The van der Waals surface area contributed by atoms with Crippen molar-refractivity contribution in [3.8, 4) is 0 Å². The predicted octanol–water partition coefficient (Wildman–Crippen LogP) is 8.07. The average Bonchev–Trinajstić information content (AvgIpc) is 2.33. The van der Waals surface area contributed by atoms with E-state index in [9.17, 15) is 0 Å². The fraction of sp³-hybridized carbons (Fsp3) is 1.00. The minimum Gasteiger partial charge on any atom is -0.368 e.